The van der Waals surface area contributed by atoms with Crippen LogP contribution in [0.2, 0.25) is 0 Å². The van der Waals surface area contributed by atoms with Gasteiger partial charge in [0.25, 0.3) is 0 Å². The molecule has 19 heavy (non-hydrogen) atoms. The minimum Gasteiger partial charge on any atom is -0.490 e. The molecule has 2 rings (SSSR count). The zero-order valence-corrected chi connectivity index (χ0v) is 11.8. The maximum Gasteiger partial charge on any atom is 0.150 e. The average molecular weight is 321 g/mol. The number of carbonyl (C=O) groups excluding carboxylic acids is 1. The van der Waals surface area contributed by atoms with Crippen LogP contribution in [0.1, 0.15) is 10.4 Å². The molecule has 0 fully saturated rings. The average Bonchev–Trinajstić information content (AvgIpc) is 2.44. The highest BCUT2D eigenvalue weighted by Gasteiger charge is 1.97. The van der Waals surface area contributed by atoms with Crippen molar-refractivity contribution < 1.29 is 14.3 Å². The van der Waals surface area contributed by atoms with E-state index in [1.54, 1.807) is 24.3 Å². The lowest BCUT2D eigenvalue weighted by atomic mass is 10.2. The monoisotopic (exact) mass is 320 g/mol. The SMILES string of the molecule is O=Cc1ccc(OCCOc2cccc(Br)c2)cc1. The normalized spacial score (nSPS) is 9.95. The number of aldehydes is 1. The summed E-state index contributed by atoms with van der Waals surface area (Å²) < 4.78 is 12.0. The highest BCUT2D eigenvalue weighted by molar-refractivity contribution is 9.10. The van der Waals surface area contributed by atoms with E-state index < -0.39 is 0 Å². The minimum absolute atomic E-state index is 0.451. The predicted octanol–water partition coefficient (Wildman–Crippen LogP) is 3.72. The molecule has 0 aliphatic rings. The van der Waals surface area contributed by atoms with Crippen LogP contribution in [0.4, 0.5) is 0 Å². The van der Waals surface area contributed by atoms with Gasteiger partial charge in [-0.3, -0.25) is 4.79 Å². The number of rotatable bonds is 6. The van der Waals surface area contributed by atoms with E-state index in [2.05, 4.69) is 15.9 Å². The van der Waals surface area contributed by atoms with Crippen LogP contribution in [-0.2, 0) is 0 Å². The lowest BCUT2D eigenvalue weighted by Crippen LogP contribution is -2.08. The van der Waals surface area contributed by atoms with Crippen molar-refractivity contribution in [3.8, 4) is 11.5 Å². The van der Waals surface area contributed by atoms with Crippen molar-refractivity contribution in [2.45, 2.75) is 0 Å². The van der Waals surface area contributed by atoms with Gasteiger partial charge in [-0.15, -0.1) is 0 Å². The molecular formula is C15H13BrO3. The van der Waals surface area contributed by atoms with Crippen LogP contribution in [0, 0.1) is 0 Å². The van der Waals surface area contributed by atoms with E-state index in [1.165, 1.54) is 0 Å². The molecule has 0 N–H and O–H groups in total. The Morgan fingerprint density at radius 3 is 2.26 bits per heavy atom. The molecule has 0 unspecified atom stereocenters. The molecule has 0 atom stereocenters. The summed E-state index contributed by atoms with van der Waals surface area (Å²) >= 11 is 3.38. The fourth-order valence-corrected chi connectivity index (χ4v) is 1.90. The van der Waals surface area contributed by atoms with E-state index in [0.29, 0.717) is 18.8 Å². The van der Waals surface area contributed by atoms with Crippen LogP contribution in [-0.4, -0.2) is 19.5 Å². The van der Waals surface area contributed by atoms with Crippen molar-refractivity contribution in [3.63, 3.8) is 0 Å². The van der Waals surface area contributed by atoms with E-state index in [1.807, 2.05) is 24.3 Å². The van der Waals surface area contributed by atoms with Gasteiger partial charge in [0.2, 0.25) is 0 Å². The lowest BCUT2D eigenvalue weighted by molar-refractivity contribution is 0.112. The zero-order chi connectivity index (χ0) is 13.5. The second-order valence-corrected chi connectivity index (χ2v) is 4.76. The molecular weight excluding hydrogens is 308 g/mol. The lowest BCUT2D eigenvalue weighted by Gasteiger charge is -2.08. The van der Waals surface area contributed by atoms with Crippen molar-refractivity contribution in [1.82, 2.24) is 0 Å². The largest absolute Gasteiger partial charge is 0.490 e. The van der Waals surface area contributed by atoms with Crippen LogP contribution >= 0.6 is 15.9 Å². The molecule has 0 heterocycles. The molecule has 0 aromatic heterocycles. The van der Waals surface area contributed by atoms with E-state index in [0.717, 1.165) is 22.3 Å². The molecule has 2 aromatic rings. The zero-order valence-electron chi connectivity index (χ0n) is 10.2. The highest BCUT2D eigenvalue weighted by Crippen LogP contribution is 2.17. The van der Waals surface area contributed by atoms with Crippen molar-refractivity contribution in [3.05, 3.63) is 58.6 Å². The Morgan fingerprint density at radius 1 is 0.947 bits per heavy atom. The summed E-state index contributed by atoms with van der Waals surface area (Å²) in [6.45, 7) is 0.916. The van der Waals surface area contributed by atoms with Crippen molar-refractivity contribution >= 4 is 22.2 Å². The van der Waals surface area contributed by atoms with Gasteiger partial charge in [-0.2, -0.15) is 0 Å². The second-order valence-electron chi connectivity index (χ2n) is 3.84. The molecule has 4 heteroatoms. The Kier molecular flexibility index (Phi) is 4.98. The van der Waals surface area contributed by atoms with Gasteiger partial charge in [0.15, 0.2) is 0 Å². The van der Waals surface area contributed by atoms with Crippen LogP contribution in [0.25, 0.3) is 0 Å². The van der Waals surface area contributed by atoms with Crippen LogP contribution in [0.5, 0.6) is 11.5 Å². The number of hydrogen-bond donors (Lipinski definition) is 0. The van der Waals surface area contributed by atoms with Gasteiger partial charge < -0.3 is 9.47 Å². The van der Waals surface area contributed by atoms with Gasteiger partial charge in [0.05, 0.1) is 0 Å². The summed E-state index contributed by atoms with van der Waals surface area (Å²) in [6.07, 6.45) is 0.806. The smallest absolute Gasteiger partial charge is 0.150 e. The third kappa shape index (κ3) is 4.41. The van der Waals surface area contributed by atoms with Crippen LogP contribution in [0.3, 0.4) is 0 Å². The summed E-state index contributed by atoms with van der Waals surface area (Å²) in [5.74, 6) is 1.53. The summed E-state index contributed by atoms with van der Waals surface area (Å²) in [6, 6.07) is 14.6. The molecule has 0 spiro atoms. The molecule has 0 aliphatic heterocycles. The molecule has 0 amide bonds. The molecule has 98 valence electrons. The quantitative estimate of drug-likeness (QED) is 0.601. The summed E-state index contributed by atoms with van der Waals surface area (Å²) in [5.41, 5.74) is 0.637. The van der Waals surface area contributed by atoms with Gasteiger partial charge in [-0.25, -0.2) is 0 Å². The number of carbonyl (C=O) groups is 1. The number of ether oxygens (including phenoxy) is 2. The van der Waals surface area contributed by atoms with E-state index >= 15 is 0 Å². The van der Waals surface area contributed by atoms with E-state index in [4.69, 9.17) is 9.47 Å². The Hall–Kier alpha value is -1.81. The first-order valence-corrected chi connectivity index (χ1v) is 6.63. The van der Waals surface area contributed by atoms with Gasteiger partial charge in [-0.1, -0.05) is 22.0 Å². The van der Waals surface area contributed by atoms with Gasteiger partial charge in [-0.05, 0) is 42.5 Å². The predicted molar refractivity (Wildman–Crippen MR) is 77.0 cm³/mol. The topological polar surface area (TPSA) is 35.5 Å². The van der Waals surface area contributed by atoms with E-state index in [9.17, 15) is 4.79 Å². The first-order valence-electron chi connectivity index (χ1n) is 5.84. The maximum atomic E-state index is 10.5. The summed E-state index contributed by atoms with van der Waals surface area (Å²) in [4.78, 5) is 10.5. The first kappa shape index (κ1) is 13.6. The Balaban J connectivity index is 1.75. The molecule has 0 saturated carbocycles. The van der Waals surface area contributed by atoms with Gasteiger partial charge in [0.1, 0.15) is 31.0 Å². The first-order chi connectivity index (χ1) is 9.28. The van der Waals surface area contributed by atoms with Crippen molar-refractivity contribution in [1.29, 1.82) is 0 Å². The number of halogens is 1. The van der Waals surface area contributed by atoms with Crippen molar-refractivity contribution in [2.75, 3.05) is 13.2 Å². The molecule has 0 radical (unpaired) electrons. The van der Waals surface area contributed by atoms with Gasteiger partial charge >= 0.3 is 0 Å². The Labute approximate surface area is 120 Å². The van der Waals surface area contributed by atoms with E-state index in [-0.39, 0.29) is 0 Å². The highest BCUT2D eigenvalue weighted by atomic mass is 79.9. The molecule has 0 saturated heterocycles. The van der Waals surface area contributed by atoms with Gasteiger partial charge in [0, 0.05) is 10.0 Å². The molecule has 0 aliphatic carbocycles. The summed E-state index contributed by atoms with van der Waals surface area (Å²) in [7, 11) is 0. The number of hydrogen-bond acceptors (Lipinski definition) is 3. The minimum atomic E-state index is 0.451. The summed E-state index contributed by atoms with van der Waals surface area (Å²) in [5, 5.41) is 0. The Bertz CT molecular complexity index is 537. The molecule has 3 nitrogen and oxygen atoms in total. The fraction of sp³-hybridized carbons (Fsp3) is 0.133. The van der Waals surface area contributed by atoms with Crippen LogP contribution < -0.4 is 9.47 Å². The third-order valence-electron chi connectivity index (χ3n) is 2.43. The van der Waals surface area contributed by atoms with Crippen LogP contribution in [0.15, 0.2) is 53.0 Å². The standard InChI is InChI=1S/C15H13BrO3/c16-13-2-1-3-15(10-13)19-9-8-18-14-6-4-12(11-17)5-7-14/h1-7,10-11H,8-9H2. The number of benzene rings is 2. The maximum absolute atomic E-state index is 10.5. The Morgan fingerprint density at radius 2 is 1.63 bits per heavy atom. The molecule has 2 aromatic carbocycles. The third-order valence-corrected chi connectivity index (χ3v) is 2.93. The van der Waals surface area contributed by atoms with Crippen molar-refractivity contribution in [2.24, 2.45) is 0 Å². The fourth-order valence-electron chi connectivity index (χ4n) is 1.52. The second kappa shape index (κ2) is 6.95. The molecule has 0 bridgehead atoms.